The number of hydrogen-bond acceptors (Lipinski definition) is 5. The number of nitrogens with one attached hydrogen (secondary N) is 1. The van der Waals surface area contributed by atoms with Crippen molar-refractivity contribution in [2.24, 2.45) is 0 Å². The number of aromatic nitrogens is 5. The topological polar surface area (TPSA) is 79.7 Å². The fourth-order valence-electron chi connectivity index (χ4n) is 5.76. The van der Waals surface area contributed by atoms with Crippen LogP contribution in [0.4, 0.5) is 5.69 Å². The summed E-state index contributed by atoms with van der Waals surface area (Å²) in [5.74, 6) is 0.761. The maximum atomic E-state index is 13.6. The number of rotatable bonds is 4. The summed E-state index contributed by atoms with van der Waals surface area (Å²) in [5, 5.41) is 14.1. The molecule has 2 aliphatic rings. The van der Waals surface area contributed by atoms with Crippen molar-refractivity contribution in [1.29, 1.82) is 0 Å². The van der Waals surface area contributed by atoms with Crippen LogP contribution in [0.3, 0.4) is 0 Å². The minimum atomic E-state index is -0.355. The first-order valence-electron chi connectivity index (χ1n) is 12.4. The van der Waals surface area contributed by atoms with Crippen LogP contribution >= 0.6 is 0 Å². The molecule has 6 rings (SSSR count). The van der Waals surface area contributed by atoms with Crippen molar-refractivity contribution in [3.05, 3.63) is 80.9 Å². The number of nitrogens with zero attached hydrogens (tertiary/aromatic N) is 5. The molecule has 4 aromatic rings. The number of pyridine rings is 1. The Hall–Kier alpha value is -3.48. The highest BCUT2D eigenvalue weighted by Gasteiger charge is 2.35. The summed E-state index contributed by atoms with van der Waals surface area (Å²) in [6.45, 7) is 5.03. The highest BCUT2D eigenvalue weighted by atomic mass is 16.1. The van der Waals surface area contributed by atoms with Gasteiger partial charge in [-0.2, -0.15) is 0 Å². The summed E-state index contributed by atoms with van der Waals surface area (Å²) in [6.07, 6.45) is 6.61. The first-order chi connectivity index (χ1) is 16.6. The molecule has 3 heterocycles. The second kappa shape index (κ2) is 8.38. The molecule has 0 amide bonds. The highest BCUT2D eigenvalue weighted by molar-refractivity contribution is 5.81. The molecule has 0 saturated heterocycles. The number of fused-ring (bicyclic) bond motifs is 2. The lowest BCUT2D eigenvalue weighted by Gasteiger charge is -2.37. The van der Waals surface area contributed by atoms with Gasteiger partial charge in [0, 0.05) is 23.3 Å². The number of hydrogen-bond donors (Lipinski definition) is 1. The number of aromatic amines is 1. The van der Waals surface area contributed by atoms with Gasteiger partial charge in [0.1, 0.15) is 6.04 Å². The predicted molar refractivity (Wildman–Crippen MR) is 133 cm³/mol. The molecule has 2 aromatic heterocycles. The molecule has 34 heavy (non-hydrogen) atoms. The van der Waals surface area contributed by atoms with E-state index in [-0.39, 0.29) is 17.6 Å². The third kappa shape index (κ3) is 3.50. The fraction of sp³-hybridized carbons (Fsp3) is 0.407. The monoisotopic (exact) mass is 454 g/mol. The van der Waals surface area contributed by atoms with E-state index in [1.165, 1.54) is 35.2 Å². The molecule has 0 radical (unpaired) electrons. The Morgan fingerprint density at radius 1 is 1.03 bits per heavy atom. The SMILES string of the molecule is Cc1cc2cc(C(c3nnnn3C3CCCC3)N3CCCc4ccccc43)c(=O)[nH]c2cc1C. The van der Waals surface area contributed by atoms with Crippen LogP contribution in [0.1, 0.15) is 72.3 Å². The minimum Gasteiger partial charge on any atom is -0.357 e. The van der Waals surface area contributed by atoms with Gasteiger partial charge in [-0.05, 0) is 96.3 Å². The summed E-state index contributed by atoms with van der Waals surface area (Å²) in [5.41, 5.74) is 6.33. The van der Waals surface area contributed by atoms with Crippen molar-refractivity contribution < 1.29 is 0 Å². The van der Waals surface area contributed by atoms with E-state index in [4.69, 9.17) is 0 Å². The molecular weight excluding hydrogens is 424 g/mol. The standard InChI is InChI=1S/C27H30N6O/c1-17-14-20-16-22(27(34)28-23(20)15-18(17)2)25(26-29-30-31-33(26)21-10-4-5-11-21)32-13-7-9-19-8-3-6-12-24(19)32/h3,6,8,12,14-16,21,25H,4-5,7,9-11,13H2,1-2H3,(H,28,34). The van der Waals surface area contributed by atoms with Gasteiger partial charge in [0.25, 0.3) is 5.56 Å². The van der Waals surface area contributed by atoms with Crippen molar-refractivity contribution in [2.75, 3.05) is 11.4 Å². The third-order valence-corrected chi connectivity index (χ3v) is 7.67. The van der Waals surface area contributed by atoms with Crippen LogP contribution in [0.5, 0.6) is 0 Å². The minimum absolute atomic E-state index is 0.0789. The van der Waals surface area contributed by atoms with Gasteiger partial charge in [0.2, 0.25) is 0 Å². The van der Waals surface area contributed by atoms with Gasteiger partial charge >= 0.3 is 0 Å². The Kier molecular flexibility index (Phi) is 5.20. The molecule has 1 fully saturated rings. The summed E-state index contributed by atoms with van der Waals surface area (Å²) in [6, 6.07) is 14.7. The van der Waals surface area contributed by atoms with Gasteiger partial charge in [-0.1, -0.05) is 31.0 Å². The molecule has 1 atom stereocenters. The van der Waals surface area contributed by atoms with Crippen molar-refractivity contribution in [2.45, 2.75) is 64.5 Å². The van der Waals surface area contributed by atoms with Gasteiger partial charge in [0.15, 0.2) is 5.82 Å². The Morgan fingerprint density at radius 2 is 1.82 bits per heavy atom. The lowest BCUT2D eigenvalue weighted by Crippen LogP contribution is -2.38. The smallest absolute Gasteiger partial charge is 0.254 e. The second-order valence-corrected chi connectivity index (χ2v) is 9.83. The Balaban J connectivity index is 1.57. The molecular formula is C27H30N6O. The molecule has 2 aromatic carbocycles. The lowest BCUT2D eigenvalue weighted by molar-refractivity contribution is 0.425. The van der Waals surface area contributed by atoms with E-state index < -0.39 is 0 Å². The molecule has 7 nitrogen and oxygen atoms in total. The maximum absolute atomic E-state index is 13.6. The molecule has 174 valence electrons. The molecule has 1 N–H and O–H groups in total. The van der Waals surface area contributed by atoms with E-state index >= 15 is 0 Å². The van der Waals surface area contributed by atoms with Crippen LogP contribution in [0.2, 0.25) is 0 Å². The van der Waals surface area contributed by atoms with Gasteiger partial charge in [0.05, 0.1) is 6.04 Å². The predicted octanol–water partition coefficient (Wildman–Crippen LogP) is 4.79. The van der Waals surface area contributed by atoms with Crippen molar-refractivity contribution in [1.82, 2.24) is 25.2 Å². The second-order valence-electron chi connectivity index (χ2n) is 9.83. The third-order valence-electron chi connectivity index (χ3n) is 7.67. The number of para-hydroxylation sites is 1. The maximum Gasteiger partial charge on any atom is 0.254 e. The fourth-order valence-corrected chi connectivity index (χ4v) is 5.76. The van der Waals surface area contributed by atoms with E-state index in [0.717, 1.165) is 49.0 Å². The number of tetrazole rings is 1. The van der Waals surface area contributed by atoms with E-state index in [9.17, 15) is 4.79 Å². The quantitative estimate of drug-likeness (QED) is 0.480. The van der Waals surface area contributed by atoms with Crippen LogP contribution in [-0.2, 0) is 6.42 Å². The van der Waals surface area contributed by atoms with Gasteiger partial charge in [-0.3, -0.25) is 4.79 Å². The van der Waals surface area contributed by atoms with Crippen LogP contribution in [0.15, 0.2) is 47.3 Å². The molecule has 1 aliphatic carbocycles. The molecule has 1 saturated carbocycles. The Labute approximate surface area is 198 Å². The summed E-state index contributed by atoms with van der Waals surface area (Å²) >= 11 is 0. The molecule has 7 heteroatoms. The lowest BCUT2D eigenvalue weighted by atomic mass is 9.95. The summed E-state index contributed by atoms with van der Waals surface area (Å²) in [7, 11) is 0. The van der Waals surface area contributed by atoms with Crippen LogP contribution in [0.25, 0.3) is 10.9 Å². The zero-order valence-electron chi connectivity index (χ0n) is 19.8. The first-order valence-corrected chi connectivity index (χ1v) is 12.4. The highest BCUT2D eigenvalue weighted by Crippen LogP contribution is 2.39. The van der Waals surface area contributed by atoms with Gasteiger partial charge < -0.3 is 9.88 Å². The van der Waals surface area contributed by atoms with E-state index in [2.05, 4.69) is 81.7 Å². The zero-order valence-corrected chi connectivity index (χ0v) is 19.8. The first kappa shape index (κ1) is 21.1. The van der Waals surface area contributed by atoms with Crippen molar-refractivity contribution in [3.8, 4) is 0 Å². The Bertz CT molecular complexity index is 1410. The number of aryl methyl sites for hydroxylation is 3. The largest absolute Gasteiger partial charge is 0.357 e. The summed E-state index contributed by atoms with van der Waals surface area (Å²) in [4.78, 5) is 19.1. The van der Waals surface area contributed by atoms with Crippen molar-refractivity contribution in [3.63, 3.8) is 0 Å². The normalized spacial score (nSPS) is 17.3. The molecule has 0 spiro atoms. The summed E-state index contributed by atoms with van der Waals surface area (Å²) < 4.78 is 2.00. The molecule has 0 bridgehead atoms. The number of benzene rings is 2. The van der Waals surface area contributed by atoms with Crippen LogP contribution < -0.4 is 10.5 Å². The Morgan fingerprint density at radius 3 is 2.68 bits per heavy atom. The molecule has 1 aliphatic heterocycles. The van der Waals surface area contributed by atoms with E-state index in [1.807, 2.05) is 4.68 Å². The molecule has 1 unspecified atom stereocenters. The van der Waals surface area contributed by atoms with E-state index in [1.54, 1.807) is 0 Å². The van der Waals surface area contributed by atoms with Gasteiger partial charge in [-0.25, -0.2) is 4.68 Å². The van der Waals surface area contributed by atoms with Crippen LogP contribution in [-0.4, -0.2) is 31.7 Å². The van der Waals surface area contributed by atoms with Crippen molar-refractivity contribution >= 4 is 16.6 Å². The number of anilines is 1. The average molecular weight is 455 g/mol. The van der Waals surface area contributed by atoms with E-state index in [0.29, 0.717) is 5.56 Å². The van der Waals surface area contributed by atoms with Crippen LogP contribution in [0, 0.1) is 13.8 Å². The average Bonchev–Trinajstić information content (AvgIpc) is 3.53. The zero-order chi connectivity index (χ0) is 23.2. The number of H-pyrrole nitrogens is 1. The van der Waals surface area contributed by atoms with Gasteiger partial charge in [-0.15, -0.1) is 5.10 Å².